The topological polar surface area (TPSA) is 0 Å². The van der Waals surface area contributed by atoms with Crippen LogP contribution in [-0.2, 0) is 13.5 Å². The predicted molar refractivity (Wildman–Crippen MR) is 40.7 cm³/mol. The van der Waals surface area contributed by atoms with Gasteiger partial charge in [-0.3, -0.25) is 0 Å². The zero-order valence-electron chi connectivity index (χ0n) is 5.26. The van der Waals surface area contributed by atoms with Gasteiger partial charge >= 0.3 is 68.7 Å². The maximum absolute atomic E-state index is 5.50. The summed E-state index contributed by atoms with van der Waals surface area (Å²) in [6, 6.07) is 0. The molecule has 0 aromatic carbocycles. The summed E-state index contributed by atoms with van der Waals surface area (Å²) >= 11 is -1.67. The van der Waals surface area contributed by atoms with Gasteiger partial charge in [0.1, 0.15) is 0 Å². The molecule has 0 radical (unpaired) electrons. The Balaban J connectivity index is 4.04. The molecule has 9 heavy (non-hydrogen) atoms. The number of rotatable bonds is 1. The molecule has 0 rings (SSSR count). The minimum absolute atomic E-state index is 1.23. The number of halogens is 2. The molecule has 0 heterocycles. The summed E-state index contributed by atoms with van der Waals surface area (Å²) in [6.45, 7) is 4.02. The molecule has 0 aromatic rings. The molecule has 54 valence electrons. The molecule has 0 aliphatic carbocycles. The van der Waals surface area contributed by atoms with E-state index in [1.807, 2.05) is 19.9 Å². The Bertz CT molecular complexity index is 167. The van der Waals surface area contributed by atoms with Crippen LogP contribution in [-0.4, -0.2) is 4.26 Å². The standard InChI is InChI=1S/C6H8.2ClH.Ru/c1-4-5-6(2)3;;;/h4-5H,2-3H3;2*1H;/q;;;+2/p-2. The third-order valence-electron chi connectivity index (χ3n) is 0.553. The molecule has 0 spiro atoms. The summed E-state index contributed by atoms with van der Waals surface area (Å²) in [5.74, 6) is 0. The Morgan fingerprint density at radius 3 is 2.33 bits per heavy atom. The second-order valence-corrected chi connectivity index (χ2v) is 7.08. The first-order chi connectivity index (χ1) is 4.13. The Hall–Kier alpha value is 0.593. The molecule has 0 amide bonds. The summed E-state index contributed by atoms with van der Waals surface area (Å²) in [7, 11) is 11.0. The van der Waals surface area contributed by atoms with Gasteiger partial charge in [0, 0.05) is 0 Å². The van der Waals surface area contributed by atoms with E-state index in [-0.39, 0.29) is 0 Å². The van der Waals surface area contributed by atoms with E-state index in [1.54, 1.807) is 6.08 Å². The second-order valence-electron chi connectivity index (χ2n) is 1.70. The summed E-state index contributed by atoms with van der Waals surface area (Å²) in [4.78, 5) is 0. The molecule has 0 aliphatic rings. The first-order valence-corrected chi connectivity index (χ1v) is 7.70. The van der Waals surface area contributed by atoms with E-state index in [2.05, 4.69) is 4.26 Å². The zero-order chi connectivity index (χ0) is 7.28. The van der Waals surface area contributed by atoms with Crippen LogP contribution in [0, 0.1) is 0 Å². The van der Waals surface area contributed by atoms with E-state index >= 15 is 0 Å². The molecule has 3 heteroatoms. The van der Waals surface area contributed by atoms with E-state index < -0.39 is 13.5 Å². The van der Waals surface area contributed by atoms with Crippen molar-refractivity contribution >= 4 is 23.6 Å². The van der Waals surface area contributed by atoms with Crippen LogP contribution in [0.3, 0.4) is 0 Å². The van der Waals surface area contributed by atoms with E-state index in [9.17, 15) is 0 Å². The Morgan fingerprint density at radius 2 is 2.00 bits per heavy atom. The van der Waals surface area contributed by atoms with Gasteiger partial charge in [-0.15, -0.1) is 0 Å². The van der Waals surface area contributed by atoms with E-state index in [0.29, 0.717) is 0 Å². The van der Waals surface area contributed by atoms with Gasteiger partial charge in [-0.1, -0.05) is 0 Å². The van der Waals surface area contributed by atoms with Gasteiger partial charge in [0.15, 0.2) is 0 Å². The van der Waals surface area contributed by atoms with Crippen LogP contribution < -0.4 is 0 Å². The van der Waals surface area contributed by atoms with Gasteiger partial charge in [-0.25, -0.2) is 0 Å². The van der Waals surface area contributed by atoms with Crippen molar-refractivity contribution in [1.82, 2.24) is 0 Å². The van der Waals surface area contributed by atoms with E-state index in [4.69, 9.17) is 19.4 Å². The predicted octanol–water partition coefficient (Wildman–Crippen LogP) is 2.84. The van der Waals surface area contributed by atoms with Crippen LogP contribution in [0.4, 0.5) is 0 Å². The second kappa shape index (κ2) is 5.38. The minimum atomic E-state index is -1.67. The van der Waals surface area contributed by atoms with Gasteiger partial charge in [0.05, 0.1) is 0 Å². The fraction of sp³-hybridized carbons (Fsp3) is 0.333. The van der Waals surface area contributed by atoms with Gasteiger partial charge in [-0.2, -0.15) is 0 Å². The molecule has 0 saturated carbocycles. The first kappa shape index (κ1) is 9.59. The van der Waals surface area contributed by atoms with Crippen LogP contribution in [0.15, 0.2) is 17.7 Å². The Kier molecular flexibility index (Phi) is 5.74. The molecule has 0 atom stereocenters. The van der Waals surface area contributed by atoms with Crippen molar-refractivity contribution in [3.05, 3.63) is 17.7 Å². The Morgan fingerprint density at radius 1 is 1.44 bits per heavy atom. The maximum atomic E-state index is 5.50. The van der Waals surface area contributed by atoms with Crippen molar-refractivity contribution in [2.75, 3.05) is 0 Å². The fourth-order valence-corrected chi connectivity index (χ4v) is 1.13. The normalized spacial score (nSPS) is 9.56. The van der Waals surface area contributed by atoms with Crippen LogP contribution in [0.5, 0.6) is 0 Å². The number of hydrogen-bond acceptors (Lipinski definition) is 0. The summed E-state index contributed by atoms with van der Waals surface area (Å²) in [6.07, 6.45) is 3.72. The summed E-state index contributed by atoms with van der Waals surface area (Å²) in [5.41, 5.74) is 1.23. The molecule has 0 nitrogen and oxygen atoms in total. The van der Waals surface area contributed by atoms with Crippen LogP contribution >= 0.6 is 19.4 Å². The van der Waals surface area contributed by atoms with Gasteiger partial charge in [-0.05, 0) is 0 Å². The van der Waals surface area contributed by atoms with Crippen molar-refractivity contribution in [2.45, 2.75) is 13.8 Å². The summed E-state index contributed by atoms with van der Waals surface area (Å²) in [5, 5.41) is 0. The number of hydrogen-bond donors (Lipinski definition) is 0. The van der Waals surface area contributed by atoms with Crippen molar-refractivity contribution in [2.24, 2.45) is 0 Å². The van der Waals surface area contributed by atoms with Gasteiger partial charge < -0.3 is 0 Å². The van der Waals surface area contributed by atoms with E-state index in [1.165, 1.54) is 5.57 Å². The fourth-order valence-electron chi connectivity index (χ4n) is 0.241. The summed E-state index contributed by atoms with van der Waals surface area (Å²) < 4.78 is 2.85. The van der Waals surface area contributed by atoms with Crippen LogP contribution in [0.25, 0.3) is 0 Å². The first-order valence-electron chi connectivity index (χ1n) is 2.35. The monoisotopic (exact) mass is 252 g/mol. The average Bonchev–Trinajstić information content (AvgIpc) is 1.63. The average molecular weight is 252 g/mol. The third kappa shape index (κ3) is 8.59. The molecule has 0 saturated heterocycles. The van der Waals surface area contributed by atoms with E-state index in [0.717, 1.165) is 0 Å². The molecule has 0 bridgehead atoms. The molecule has 0 N–H and O–H groups in total. The SMILES string of the molecule is CC(C)=CC=[C]=[Ru]([Cl])[Cl]. The van der Waals surface area contributed by atoms with Gasteiger partial charge in [0.25, 0.3) is 0 Å². The van der Waals surface area contributed by atoms with Gasteiger partial charge in [0.2, 0.25) is 0 Å². The van der Waals surface area contributed by atoms with Crippen molar-refractivity contribution in [3.8, 4) is 0 Å². The Labute approximate surface area is 68.7 Å². The zero-order valence-corrected chi connectivity index (χ0v) is 8.51. The number of allylic oxidation sites excluding steroid dienone is 3. The molecule has 0 aliphatic heterocycles. The third-order valence-corrected chi connectivity index (χ3v) is 2.13. The van der Waals surface area contributed by atoms with Crippen molar-refractivity contribution < 1.29 is 13.5 Å². The molecule has 0 unspecified atom stereocenters. The molecular weight excluding hydrogens is 244 g/mol. The molecule has 0 aromatic heterocycles. The quantitative estimate of drug-likeness (QED) is 0.497. The molecular formula is C6H8Cl2Ru. The molecule has 0 fully saturated rings. The van der Waals surface area contributed by atoms with Crippen LogP contribution in [0.1, 0.15) is 13.8 Å². The van der Waals surface area contributed by atoms with Crippen molar-refractivity contribution in [3.63, 3.8) is 0 Å². The van der Waals surface area contributed by atoms with Crippen molar-refractivity contribution in [1.29, 1.82) is 0 Å². The van der Waals surface area contributed by atoms with Crippen LogP contribution in [0.2, 0.25) is 0 Å².